The number of nitrogens with zero attached hydrogens (tertiary/aromatic N) is 1. The molecule has 2 N–H and O–H groups in total. The molecule has 0 aromatic heterocycles. The summed E-state index contributed by atoms with van der Waals surface area (Å²) in [6.45, 7) is 4.00. The van der Waals surface area contributed by atoms with Crippen LogP contribution in [0.5, 0.6) is 11.5 Å². The van der Waals surface area contributed by atoms with Crippen LogP contribution in [0, 0.1) is 18.3 Å². The maximum absolute atomic E-state index is 8.97. The first-order valence-electron chi connectivity index (χ1n) is 6.68. The highest BCUT2D eigenvalue weighted by atomic mass is 16.5. The molecule has 2 aromatic carbocycles. The number of hydrogen-bond donors (Lipinski definition) is 1. The van der Waals surface area contributed by atoms with Crippen molar-refractivity contribution in [1.82, 2.24) is 0 Å². The van der Waals surface area contributed by atoms with Gasteiger partial charge in [0.25, 0.3) is 0 Å². The minimum absolute atomic E-state index is 0.0503. The molecule has 0 aliphatic carbocycles. The van der Waals surface area contributed by atoms with Crippen LogP contribution in [0.25, 0.3) is 0 Å². The molecule has 102 valence electrons. The molecule has 3 nitrogen and oxygen atoms in total. The second-order valence-electron chi connectivity index (χ2n) is 4.75. The molecular formula is C17H18N2O. The van der Waals surface area contributed by atoms with Crippen molar-refractivity contribution in [3.8, 4) is 17.6 Å². The van der Waals surface area contributed by atoms with Crippen LogP contribution in [-0.2, 0) is 0 Å². The number of hydrogen-bond acceptors (Lipinski definition) is 3. The molecule has 3 heteroatoms. The van der Waals surface area contributed by atoms with Gasteiger partial charge in [-0.05, 0) is 37.1 Å². The second kappa shape index (κ2) is 6.23. The van der Waals surface area contributed by atoms with Gasteiger partial charge in [0.15, 0.2) is 0 Å². The summed E-state index contributed by atoms with van der Waals surface area (Å²) < 4.78 is 5.97. The number of benzene rings is 2. The maximum Gasteiger partial charge on any atom is 0.132 e. The van der Waals surface area contributed by atoms with Crippen LogP contribution in [0.3, 0.4) is 0 Å². The van der Waals surface area contributed by atoms with Crippen molar-refractivity contribution < 1.29 is 4.74 Å². The van der Waals surface area contributed by atoms with Crippen LogP contribution in [0.4, 0.5) is 0 Å². The fraction of sp³-hybridized carbons (Fsp3) is 0.235. The highest BCUT2D eigenvalue weighted by molar-refractivity contribution is 5.46. The summed E-state index contributed by atoms with van der Waals surface area (Å²) in [6.07, 6.45) is 0.845. The van der Waals surface area contributed by atoms with E-state index in [0.29, 0.717) is 11.3 Å². The summed E-state index contributed by atoms with van der Waals surface area (Å²) in [7, 11) is 0. The van der Waals surface area contributed by atoms with E-state index in [4.69, 9.17) is 15.7 Å². The van der Waals surface area contributed by atoms with Crippen LogP contribution >= 0.6 is 0 Å². The van der Waals surface area contributed by atoms with Gasteiger partial charge < -0.3 is 10.5 Å². The van der Waals surface area contributed by atoms with E-state index in [0.717, 1.165) is 23.3 Å². The van der Waals surface area contributed by atoms with Crippen LogP contribution in [-0.4, -0.2) is 0 Å². The Bertz CT molecular complexity index is 644. The zero-order valence-corrected chi connectivity index (χ0v) is 11.8. The van der Waals surface area contributed by atoms with Crippen molar-refractivity contribution >= 4 is 0 Å². The summed E-state index contributed by atoms with van der Waals surface area (Å²) >= 11 is 0. The van der Waals surface area contributed by atoms with Crippen molar-refractivity contribution in [3.63, 3.8) is 0 Å². The van der Waals surface area contributed by atoms with E-state index in [9.17, 15) is 0 Å². The van der Waals surface area contributed by atoms with Crippen molar-refractivity contribution in [2.45, 2.75) is 26.3 Å². The molecule has 0 bridgehead atoms. The lowest BCUT2D eigenvalue weighted by atomic mass is 10.0. The molecule has 0 spiro atoms. The van der Waals surface area contributed by atoms with Gasteiger partial charge in [-0.3, -0.25) is 0 Å². The van der Waals surface area contributed by atoms with Crippen molar-refractivity contribution in [2.24, 2.45) is 5.73 Å². The molecule has 1 unspecified atom stereocenters. The first-order chi connectivity index (χ1) is 9.65. The standard InChI is InChI=1S/C17H18N2O/c1-3-15(19)14-6-4-5-7-16(14)20-17-10-13(11-18)9-8-12(17)2/h4-10,15H,3,19H2,1-2H3. The minimum atomic E-state index is -0.0503. The van der Waals surface area contributed by atoms with E-state index in [1.807, 2.05) is 44.2 Å². The Hall–Kier alpha value is -2.31. The Morgan fingerprint density at radius 1 is 1.20 bits per heavy atom. The van der Waals surface area contributed by atoms with Crippen LogP contribution in [0.15, 0.2) is 42.5 Å². The van der Waals surface area contributed by atoms with Gasteiger partial charge in [-0.2, -0.15) is 5.26 Å². The quantitative estimate of drug-likeness (QED) is 0.907. The van der Waals surface area contributed by atoms with E-state index < -0.39 is 0 Å². The van der Waals surface area contributed by atoms with Gasteiger partial charge >= 0.3 is 0 Å². The van der Waals surface area contributed by atoms with E-state index in [1.54, 1.807) is 12.1 Å². The van der Waals surface area contributed by atoms with Crippen molar-refractivity contribution in [2.75, 3.05) is 0 Å². The van der Waals surface area contributed by atoms with E-state index in [2.05, 4.69) is 6.07 Å². The topological polar surface area (TPSA) is 59.0 Å². The highest BCUT2D eigenvalue weighted by Crippen LogP contribution is 2.31. The number of ether oxygens (including phenoxy) is 1. The molecule has 0 fully saturated rings. The summed E-state index contributed by atoms with van der Waals surface area (Å²) in [5.74, 6) is 1.44. The second-order valence-corrected chi connectivity index (χ2v) is 4.75. The highest BCUT2D eigenvalue weighted by Gasteiger charge is 2.11. The number of nitrogens with two attached hydrogens (primary N) is 1. The minimum Gasteiger partial charge on any atom is -0.457 e. The molecule has 20 heavy (non-hydrogen) atoms. The zero-order valence-electron chi connectivity index (χ0n) is 11.8. The average Bonchev–Trinajstić information content (AvgIpc) is 2.49. The van der Waals surface area contributed by atoms with Gasteiger partial charge in [0.1, 0.15) is 11.5 Å². The third-order valence-corrected chi connectivity index (χ3v) is 3.30. The predicted octanol–water partition coefficient (Wildman–Crippen LogP) is 4.07. The van der Waals surface area contributed by atoms with Crippen LogP contribution in [0.1, 0.15) is 36.1 Å². The predicted molar refractivity (Wildman–Crippen MR) is 79.6 cm³/mol. The summed E-state index contributed by atoms with van der Waals surface area (Å²) in [5.41, 5.74) is 8.67. The first-order valence-corrected chi connectivity index (χ1v) is 6.68. The molecule has 0 radical (unpaired) electrons. The first kappa shape index (κ1) is 14.1. The summed E-state index contributed by atoms with van der Waals surface area (Å²) in [6, 6.07) is 15.3. The molecule has 0 aliphatic heterocycles. The zero-order chi connectivity index (χ0) is 14.5. The van der Waals surface area contributed by atoms with Gasteiger partial charge in [-0.15, -0.1) is 0 Å². The number of rotatable bonds is 4. The van der Waals surface area contributed by atoms with Gasteiger partial charge in [0.2, 0.25) is 0 Å². The smallest absolute Gasteiger partial charge is 0.132 e. The Morgan fingerprint density at radius 3 is 2.65 bits per heavy atom. The van der Waals surface area contributed by atoms with Gasteiger partial charge in [-0.1, -0.05) is 31.2 Å². The molecule has 0 amide bonds. The largest absolute Gasteiger partial charge is 0.457 e. The maximum atomic E-state index is 8.97. The Labute approximate surface area is 119 Å². The van der Waals surface area contributed by atoms with Crippen LogP contribution < -0.4 is 10.5 Å². The van der Waals surface area contributed by atoms with E-state index in [-0.39, 0.29) is 6.04 Å². The van der Waals surface area contributed by atoms with Crippen molar-refractivity contribution in [1.29, 1.82) is 5.26 Å². The molecular weight excluding hydrogens is 248 g/mol. The molecule has 2 aromatic rings. The Morgan fingerprint density at radius 2 is 1.95 bits per heavy atom. The molecule has 0 heterocycles. The monoisotopic (exact) mass is 266 g/mol. The average molecular weight is 266 g/mol. The summed E-state index contributed by atoms with van der Waals surface area (Å²) in [4.78, 5) is 0. The fourth-order valence-electron chi connectivity index (χ4n) is 2.00. The molecule has 0 aliphatic rings. The van der Waals surface area contributed by atoms with Gasteiger partial charge in [0, 0.05) is 11.6 Å². The Balaban J connectivity index is 2.38. The molecule has 0 saturated heterocycles. The van der Waals surface area contributed by atoms with Crippen LogP contribution in [0.2, 0.25) is 0 Å². The van der Waals surface area contributed by atoms with Gasteiger partial charge in [0.05, 0.1) is 11.6 Å². The normalized spacial score (nSPS) is 11.7. The third-order valence-electron chi connectivity index (χ3n) is 3.30. The van der Waals surface area contributed by atoms with Crippen molar-refractivity contribution in [3.05, 3.63) is 59.2 Å². The lowest BCUT2D eigenvalue weighted by Gasteiger charge is -2.16. The Kier molecular flexibility index (Phi) is 4.39. The molecule has 2 rings (SSSR count). The number of nitriles is 1. The van der Waals surface area contributed by atoms with Gasteiger partial charge in [-0.25, -0.2) is 0 Å². The number of para-hydroxylation sites is 1. The van der Waals surface area contributed by atoms with E-state index >= 15 is 0 Å². The summed E-state index contributed by atoms with van der Waals surface area (Å²) in [5, 5.41) is 8.97. The number of aryl methyl sites for hydroxylation is 1. The fourth-order valence-corrected chi connectivity index (χ4v) is 2.00. The SMILES string of the molecule is CCC(N)c1ccccc1Oc1cc(C#N)ccc1C. The third kappa shape index (κ3) is 2.98. The van der Waals surface area contributed by atoms with E-state index in [1.165, 1.54) is 0 Å². The molecule has 1 atom stereocenters. The lowest BCUT2D eigenvalue weighted by Crippen LogP contribution is -2.09. The molecule has 0 saturated carbocycles. The lowest BCUT2D eigenvalue weighted by molar-refractivity contribution is 0.465.